The normalized spacial score (nSPS) is 11.2. The van der Waals surface area contributed by atoms with Gasteiger partial charge in [-0.3, -0.25) is 0 Å². The highest BCUT2D eigenvalue weighted by molar-refractivity contribution is 9.10. The maximum absolute atomic E-state index is 4.87. The molecule has 0 N–H and O–H groups in total. The maximum Gasteiger partial charge on any atom is 0.137 e. The van der Waals surface area contributed by atoms with Gasteiger partial charge in [-0.05, 0) is 62.6 Å². The molecular formula is C18H12Br2N2S. The summed E-state index contributed by atoms with van der Waals surface area (Å²) in [5, 5.41) is 4.31. The molecule has 1 aromatic carbocycles. The first-order valence-electron chi connectivity index (χ1n) is 7.14. The second-order valence-electron chi connectivity index (χ2n) is 5.30. The third-order valence-electron chi connectivity index (χ3n) is 3.73. The van der Waals surface area contributed by atoms with E-state index >= 15 is 0 Å². The molecule has 0 radical (unpaired) electrons. The maximum atomic E-state index is 4.87. The van der Waals surface area contributed by atoms with Gasteiger partial charge in [-0.15, -0.1) is 0 Å². The predicted octanol–water partition coefficient (Wildman–Crippen LogP) is 6.18. The Hall–Kier alpha value is -1.43. The first kappa shape index (κ1) is 15.1. The molecule has 0 spiro atoms. The van der Waals surface area contributed by atoms with E-state index in [1.165, 1.54) is 11.3 Å². The Kier molecular flexibility index (Phi) is 4.09. The van der Waals surface area contributed by atoms with Gasteiger partial charge >= 0.3 is 0 Å². The minimum absolute atomic E-state index is 0.864. The van der Waals surface area contributed by atoms with Crippen LogP contribution >= 0.6 is 43.2 Å². The molecule has 0 saturated heterocycles. The Morgan fingerprint density at radius 1 is 1.04 bits per heavy atom. The third kappa shape index (κ3) is 3.01. The molecule has 0 saturated carbocycles. The molecule has 4 rings (SSSR count). The van der Waals surface area contributed by atoms with Crippen LogP contribution in [0.3, 0.4) is 0 Å². The molecule has 0 amide bonds. The number of hydrogen-bond acceptors (Lipinski definition) is 2. The van der Waals surface area contributed by atoms with Crippen molar-refractivity contribution in [1.29, 1.82) is 0 Å². The van der Waals surface area contributed by atoms with Crippen molar-refractivity contribution in [3.63, 3.8) is 0 Å². The SMILES string of the molecule is Brc1cccc(-c2nc3ccc(Br)cn3c2Cc2ccsc2)c1. The van der Waals surface area contributed by atoms with E-state index in [1.807, 2.05) is 24.3 Å². The van der Waals surface area contributed by atoms with Gasteiger partial charge in [-0.1, -0.05) is 28.1 Å². The van der Waals surface area contributed by atoms with Crippen LogP contribution in [0.1, 0.15) is 11.3 Å². The molecule has 4 aromatic rings. The highest BCUT2D eigenvalue weighted by Gasteiger charge is 2.15. The van der Waals surface area contributed by atoms with E-state index in [4.69, 9.17) is 4.98 Å². The van der Waals surface area contributed by atoms with Gasteiger partial charge in [0.15, 0.2) is 0 Å². The number of rotatable bonds is 3. The van der Waals surface area contributed by atoms with Crippen LogP contribution < -0.4 is 0 Å². The average Bonchev–Trinajstić information content (AvgIpc) is 3.16. The van der Waals surface area contributed by atoms with Gasteiger partial charge in [0.2, 0.25) is 0 Å². The number of benzene rings is 1. The van der Waals surface area contributed by atoms with Crippen LogP contribution in [0.4, 0.5) is 0 Å². The summed E-state index contributed by atoms with van der Waals surface area (Å²) in [6.07, 6.45) is 2.95. The average molecular weight is 448 g/mol. The van der Waals surface area contributed by atoms with Crippen LogP contribution in [-0.4, -0.2) is 9.38 Å². The van der Waals surface area contributed by atoms with Crippen molar-refractivity contribution < 1.29 is 0 Å². The Balaban J connectivity index is 1.95. The fourth-order valence-electron chi connectivity index (χ4n) is 2.69. The summed E-state index contributed by atoms with van der Waals surface area (Å²) in [5.41, 5.74) is 5.65. The van der Waals surface area contributed by atoms with E-state index < -0.39 is 0 Å². The summed E-state index contributed by atoms with van der Waals surface area (Å²) in [6, 6.07) is 14.6. The molecule has 0 aliphatic heterocycles. The highest BCUT2D eigenvalue weighted by atomic mass is 79.9. The van der Waals surface area contributed by atoms with Gasteiger partial charge in [0.05, 0.1) is 11.4 Å². The Labute approximate surface area is 155 Å². The van der Waals surface area contributed by atoms with Crippen molar-refractivity contribution in [1.82, 2.24) is 9.38 Å². The van der Waals surface area contributed by atoms with E-state index in [-0.39, 0.29) is 0 Å². The fourth-order valence-corrected chi connectivity index (χ4v) is 4.09. The predicted molar refractivity (Wildman–Crippen MR) is 103 cm³/mol. The lowest BCUT2D eigenvalue weighted by molar-refractivity contribution is 1.03. The number of aromatic nitrogens is 2. The molecule has 0 unspecified atom stereocenters. The number of thiophene rings is 1. The summed E-state index contributed by atoms with van der Waals surface area (Å²) in [4.78, 5) is 4.87. The second-order valence-corrected chi connectivity index (χ2v) is 7.91. The number of hydrogen-bond donors (Lipinski definition) is 0. The van der Waals surface area contributed by atoms with Gasteiger partial charge in [0.25, 0.3) is 0 Å². The first-order chi connectivity index (χ1) is 11.2. The van der Waals surface area contributed by atoms with Crippen molar-refractivity contribution in [3.05, 3.63) is 79.6 Å². The van der Waals surface area contributed by atoms with Crippen LogP contribution in [0.15, 0.2) is 68.4 Å². The zero-order valence-corrected chi connectivity index (χ0v) is 16.0. The molecule has 0 fully saturated rings. The second kappa shape index (κ2) is 6.23. The Bertz CT molecular complexity index is 974. The van der Waals surface area contributed by atoms with Crippen molar-refractivity contribution in [2.24, 2.45) is 0 Å². The van der Waals surface area contributed by atoms with Crippen LogP contribution in [0.2, 0.25) is 0 Å². The highest BCUT2D eigenvalue weighted by Crippen LogP contribution is 2.29. The number of pyridine rings is 1. The molecule has 0 aliphatic rings. The summed E-state index contributed by atoms with van der Waals surface area (Å²) in [7, 11) is 0. The van der Waals surface area contributed by atoms with Crippen molar-refractivity contribution in [2.75, 3.05) is 0 Å². The standard InChI is InChI=1S/C18H12Br2N2S/c19-14-3-1-2-13(9-14)18-16(8-12-6-7-23-11-12)22-10-15(20)4-5-17(22)21-18/h1-7,9-11H,8H2. The van der Waals surface area contributed by atoms with Crippen molar-refractivity contribution >= 4 is 48.8 Å². The van der Waals surface area contributed by atoms with Crippen LogP contribution in [0.5, 0.6) is 0 Å². The summed E-state index contributed by atoms with van der Waals surface area (Å²) < 4.78 is 4.29. The fraction of sp³-hybridized carbons (Fsp3) is 0.0556. The number of imidazole rings is 1. The van der Waals surface area contributed by atoms with E-state index in [9.17, 15) is 0 Å². The van der Waals surface area contributed by atoms with Crippen LogP contribution in [0, 0.1) is 0 Å². The molecule has 114 valence electrons. The zero-order valence-electron chi connectivity index (χ0n) is 12.0. The van der Waals surface area contributed by atoms with E-state index in [1.54, 1.807) is 11.3 Å². The van der Waals surface area contributed by atoms with Gasteiger partial charge < -0.3 is 4.40 Å². The minimum atomic E-state index is 0.864. The lowest BCUT2D eigenvalue weighted by atomic mass is 10.1. The number of halogens is 2. The molecule has 3 aromatic heterocycles. The topological polar surface area (TPSA) is 17.3 Å². The van der Waals surface area contributed by atoms with Crippen LogP contribution in [0.25, 0.3) is 16.9 Å². The molecule has 0 atom stereocenters. The summed E-state index contributed by atoms with van der Waals surface area (Å²) >= 11 is 8.85. The lowest BCUT2D eigenvalue weighted by Crippen LogP contribution is -1.96. The third-order valence-corrected chi connectivity index (χ3v) is 5.43. The quantitative estimate of drug-likeness (QED) is 0.366. The van der Waals surface area contributed by atoms with Crippen LogP contribution in [-0.2, 0) is 6.42 Å². The van der Waals surface area contributed by atoms with E-state index in [0.29, 0.717) is 0 Å². The van der Waals surface area contributed by atoms with Gasteiger partial charge in [0, 0.05) is 27.1 Å². The van der Waals surface area contributed by atoms with Gasteiger partial charge in [0.1, 0.15) is 5.65 Å². The van der Waals surface area contributed by atoms with Gasteiger partial charge in [-0.2, -0.15) is 11.3 Å². The Morgan fingerprint density at radius 3 is 2.74 bits per heavy atom. The molecule has 0 bridgehead atoms. The molecule has 2 nitrogen and oxygen atoms in total. The van der Waals surface area contributed by atoms with Gasteiger partial charge in [-0.25, -0.2) is 4.98 Å². The molecular weight excluding hydrogens is 436 g/mol. The molecule has 0 aliphatic carbocycles. The monoisotopic (exact) mass is 446 g/mol. The zero-order chi connectivity index (χ0) is 15.8. The number of nitrogens with zero attached hydrogens (tertiary/aromatic N) is 2. The number of fused-ring (bicyclic) bond motifs is 1. The summed E-state index contributed by atoms with van der Waals surface area (Å²) in [6.45, 7) is 0. The smallest absolute Gasteiger partial charge is 0.137 e. The summed E-state index contributed by atoms with van der Waals surface area (Å²) in [5.74, 6) is 0. The minimum Gasteiger partial charge on any atom is -0.302 e. The molecule has 5 heteroatoms. The van der Waals surface area contributed by atoms with E-state index in [2.05, 4.69) is 71.4 Å². The first-order valence-corrected chi connectivity index (χ1v) is 9.67. The lowest BCUT2D eigenvalue weighted by Gasteiger charge is -2.05. The van der Waals surface area contributed by atoms with Crippen molar-refractivity contribution in [3.8, 4) is 11.3 Å². The Morgan fingerprint density at radius 2 is 1.96 bits per heavy atom. The largest absolute Gasteiger partial charge is 0.302 e. The van der Waals surface area contributed by atoms with Crippen molar-refractivity contribution in [2.45, 2.75) is 6.42 Å². The van der Waals surface area contributed by atoms with E-state index in [0.717, 1.165) is 32.3 Å². The molecule has 23 heavy (non-hydrogen) atoms. The molecule has 3 heterocycles.